The second-order valence-corrected chi connectivity index (χ2v) is 4.23. The van der Waals surface area contributed by atoms with Crippen molar-refractivity contribution in [3.8, 4) is 17.0 Å². The molecule has 0 amide bonds. The van der Waals surface area contributed by atoms with Gasteiger partial charge in [0.1, 0.15) is 5.75 Å². The predicted molar refractivity (Wildman–Crippen MR) is 65.8 cm³/mol. The maximum Gasteiger partial charge on any atom is 0.573 e. The van der Waals surface area contributed by atoms with E-state index >= 15 is 0 Å². The second kappa shape index (κ2) is 4.91. The van der Waals surface area contributed by atoms with E-state index in [4.69, 9.17) is 0 Å². The molecular formula is C14H12F3NO. The topological polar surface area (TPSA) is 22.1 Å². The van der Waals surface area contributed by atoms with E-state index in [1.165, 1.54) is 18.2 Å². The molecule has 1 aromatic carbocycles. The van der Waals surface area contributed by atoms with Gasteiger partial charge in [-0.3, -0.25) is 4.98 Å². The molecule has 0 bridgehead atoms. The third kappa shape index (κ3) is 3.47. The highest BCUT2D eigenvalue weighted by Gasteiger charge is 2.31. The van der Waals surface area contributed by atoms with Crippen molar-refractivity contribution >= 4 is 0 Å². The molecule has 0 spiro atoms. The molecule has 0 fully saturated rings. The summed E-state index contributed by atoms with van der Waals surface area (Å²) in [5.41, 5.74) is 3.28. The highest BCUT2D eigenvalue weighted by atomic mass is 19.4. The normalized spacial score (nSPS) is 11.4. The zero-order chi connectivity index (χ0) is 14.0. The lowest BCUT2D eigenvalue weighted by Gasteiger charge is -2.10. The second-order valence-electron chi connectivity index (χ2n) is 4.23. The maximum absolute atomic E-state index is 12.2. The number of benzene rings is 1. The van der Waals surface area contributed by atoms with Crippen LogP contribution < -0.4 is 4.74 Å². The van der Waals surface area contributed by atoms with Crippen molar-refractivity contribution < 1.29 is 17.9 Å². The number of ether oxygens (including phenoxy) is 1. The maximum atomic E-state index is 12.2. The fraction of sp³-hybridized carbons (Fsp3) is 0.214. The van der Waals surface area contributed by atoms with Crippen LogP contribution >= 0.6 is 0 Å². The molecule has 0 aliphatic carbocycles. The molecule has 2 rings (SSSR count). The van der Waals surface area contributed by atoms with Crippen LogP contribution in [-0.4, -0.2) is 11.3 Å². The Bertz CT molecular complexity index is 593. The number of hydrogen-bond acceptors (Lipinski definition) is 2. The molecule has 0 atom stereocenters. The molecule has 19 heavy (non-hydrogen) atoms. The lowest BCUT2D eigenvalue weighted by molar-refractivity contribution is -0.274. The number of alkyl halides is 3. The zero-order valence-corrected chi connectivity index (χ0v) is 10.5. The fourth-order valence-corrected chi connectivity index (χ4v) is 1.63. The van der Waals surface area contributed by atoms with E-state index in [0.29, 0.717) is 11.3 Å². The van der Waals surface area contributed by atoms with Crippen molar-refractivity contribution in [1.29, 1.82) is 0 Å². The molecule has 0 aliphatic heterocycles. The number of hydrogen-bond donors (Lipinski definition) is 0. The van der Waals surface area contributed by atoms with Crippen LogP contribution in [0, 0.1) is 13.8 Å². The van der Waals surface area contributed by atoms with Crippen molar-refractivity contribution in [2.45, 2.75) is 20.2 Å². The summed E-state index contributed by atoms with van der Waals surface area (Å²) < 4.78 is 40.4. The lowest BCUT2D eigenvalue weighted by Crippen LogP contribution is -2.17. The van der Waals surface area contributed by atoms with Gasteiger partial charge in [0.15, 0.2) is 0 Å². The first-order valence-corrected chi connectivity index (χ1v) is 5.64. The van der Waals surface area contributed by atoms with Gasteiger partial charge in [0.25, 0.3) is 0 Å². The van der Waals surface area contributed by atoms with Crippen LogP contribution in [-0.2, 0) is 0 Å². The van der Waals surface area contributed by atoms with Gasteiger partial charge in [-0.05, 0) is 43.2 Å². The molecule has 0 aliphatic rings. The molecule has 1 aromatic heterocycles. The summed E-state index contributed by atoms with van der Waals surface area (Å²) in [4.78, 5) is 4.21. The Hall–Kier alpha value is -2.04. The van der Waals surface area contributed by atoms with Crippen LogP contribution in [0.25, 0.3) is 11.3 Å². The van der Waals surface area contributed by atoms with Crippen molar-refractivity contribution in [3.63, 3.8) is 0 Å². The molecule has 2 nitrogen and oxygen atoms in total. The van der Waals surface area contributed by atoms with Crippen LogP contribution in [0.1, 0.15) is 11.1 Å². The van der Waals surface area contributed by atoms with Crippen molar-refractivity contribution in [2.24, 2.45) is 0 Å². The average Bonchev–Trinajstić information content (AvgIpc) is 2.31. The van der Waals surface area contributed by atoms with Gasteiger partial charge >= 0.3 is 6.36 Å². The Morgan fingerprint density at radius 2 is 1.79 bits per heavy atom. The van der Waals surface area contributed by atoms with Crippen LogP contribution in [0.15, 0.2) is 36.5 Å². The minimum Gasteiger partial charge on any atom is -0.406 e. The first kappa shape index (κ1) is 13.4. The van der Waals surface area contributed by atoms with Gasteiger partial charge in [0, 0.05) is 11.8 Å². The summed E-state index contributed by atoms with van der Waals surface area (Å²) in [5.74, 6) is -0.245. The van der Waals surface area contributed by atoms with Gasteiger partial charge < -0.3 is 4.74 Å². The van der Waals surface area contributed by atoms with Crippen molar-refractivity contribution in [2.75, 3.05) is 0 Å². The number of halogens is 3. The third-order valence-corrected chi connectivity index (χ3v) is 2.74. The van der Waals surface area contributed by atoms with E-state index in [-0.39, 0.29) is 5.75 Å². The van der Waals surface area contributed by atoms with Crippen LogP contribution in [0.5, 0.6) is 5.75 Å². The van der Waals surface area contributed by atoms with Crippen LogP contribution in [0.2, 0.25) is 0 Å². The minimum atomic E-state index is -4.69. The number of rotatable bonds is 2. The highest BCUT2D eigenvalue weighted by Crippen LogP contribution is 2.27. The Kier molecular flexibility index (Phi) is 3.46. The Morgan fingerprint density at radius 3 is 2.42 bits per heavy atom. The molecule has 0 radical (unpaired) electrons. The van der Waals surface area contributed by atoms with Crippen LogP contribution in [0.4, 0.5) is 13.2 Å². The van der Waals surface area contributed by atoms with Gasteiger partial charge in [-0.25, -0.2) is 0 Å². The molecule has 0 saturated heterocycles. The summed E-state index contributed by atoms with van der Waals surface area (Å²) in [6.07, 6.45) is -2.99. The smallest absolute Gasteiger partial charge is 0.406 e. The Morgan fingerprint density at radius 1 is 1.05 bits per heavy atom. The van der Waals surface area contributed by atoms with E-state index in [9.17, 15) is 13.2 Å². The van der Waals surface area contributed by atoms with Gasteiger partial charge in [-0.15, -0.1) is 13.2 Å². The van der Waals surface area contributed by atoms with Crippen LogP contribution in [0.3, 0.4) is 0 Å². The molecule has 2 aromatic rings. The third-order valence-electron chi connectivity index (χ3n) is 2.74. The van der Waals surface area contributed by atoms with Crippen molar-refractivity contribution in [1.82, 2.24) is 4.98 Å². The number of aromatic nitrogens is 1. The average molecular weight is 267 g/mol. The Labute approximate surface area is 108 Å². The minimum absolute atomic E-state index is 0.245. The zero-order valence-electron chi connectivity index (χ0n) is 10.5. The molecule has 0 N–H and O–H groups in total. The predicted octanol–water partition coefficient (Wildman–Crippen LogP) is 4.26. The standard InChI is InChI=1S/C14H12F3NO/c1-9-6-13(18-8-10(9)2)11-4-3-5-12(7-11)19-14(15,16)17/h3-8H,1-2H3. The molecule has 5 heteroatoms. The van der Waals surface area contributed by atoms with Gasteiger partial charge in [-0.1, -0.05) is 12.1 Å². The summed E-state index contributed by atoms with van der Waals surface area (Å²) in [5, 5.41) is 0. The number of aryl methyl sites for hydroxylation is 2. The Balaban J connectivity index is 2.35. The molecule has 100 valence electrons. The first-order valence-electron chi connectivity index (χ1n) is 5.64. The van der Waals surface area contributed by atoms with Gasteiger partial charge in [0.2, 0.25) is 0 Å². The fourth-order valence-electron chi connectivity index (χ4n) is 1.63. The summed E-state index contributed by atoms with van der Waals surface area (Å²) in [6.45, 7) is 3.85. The number of pyridine rings is 1. The largest absolute Gasteiger partial charge is 0.573 e. The molecule has 1 heterocycles. The van der Waals surface area contributed by atoms with E-state index in [0.717, 1.165) is 11.1 Å². The van der Waals surface area contributed by atoms with Crippen molar-refractivity contribution in [3.05, 3.63) is 47.7 Å². The van der Waals surface area contributed by atoms with Gasteiger partial charge in [-0.2, -0.15) is 0 Å². The monoisotopic (exact) mass is 267 g/mol. The molecule has 0 saturated carbocycles. The summed E-state index contributed by atoms with van der Waals surface area (Å²) in [7, 11) is 0. The van der Waals surface area contributed by atoms with E-state index < -0.39 is 6.36 Å². The van der Waals surface area contributed by atoms with E-state index in [2.05, 4.69) is 9.72 Å². The highest BCUT2D eigenvalue weighted by molar-refractivity contribution is 5.62. The summed E-state index contributed by atoms with van der Waals surface area (Å²) in [6, 6.07) is 7.62. The lowest BCUT2D eigenvalue weighted by atomic mass is 10.1. The molecular weight excluding hydrogens is 255 g/mol. The quantitative estimate of drug-likeness (QED) is 0.810. The van der Waals surface area contributed by atoms with E-state index in [1.807, 2.05) is 19.9 Å². The number of nitrogens with zero attached hydrogens (tertiary/aromatic N) is 1. The van der Waals surface area contributed by atoms with Gasteiger partial charge in [0.05, 0.1) is 5.69 Å². The SMILES string of the molecule is Cc1cnc(-c2cccc(OC(F)(F)F)c2)cc1C. The van der Waals surface area contributed by atoms with E-state index in [1.54, 1.807) is 12.3 Å². The summed E-state index contributed by atoms with van der Waals surface area (Å²) >= 11 is 0. The first-order chi connectivity index (χ1) is 8.85. The molecule has 0 unspecified atom stereocenters.